The van der Waals surface area contributed by atoms with E-state index in [1.807, 2.05) is 0 Å². The fourth-order valence-corrected chi connectivity index (χ4v) is 2.29. The van der Waals surface area contributed by atoms with E-state index >= 15 is 0 Å². The monoisotopic (exact) mass is 302 g/mol. The zero-order chi connectivity index (χ0) is 15.9. The van der Waals surface area contributed by atoms with Gasteiger partial charge in [-0.25, -0.2) is 4.98 Å². The van der Waals surface area contributed by atoms with Crippen molar-refractivity contribution in [1.82, 2.24) is 15.2 Å². The van der Waals surface area contributed by atoms with Crippen LogP contribution in [0.25, 0.3) is 0 Å². The summed E-state index contributed by atoms with van der Waals surface area (Å²) in [6, 6.07) is 3.65. The third-order valence-corrected chi connectivity index (χ3v) is 3.61. The SMILES string of the molecule is C#CCNC(=O)c1ccc(NC(C)C2CN(C)CCO2)nc1. The van der Waals surface area contributed by atoms with Crippen molar-refractivity contribution in [2.45, 2.75) is 19.1 Å². The van der Waals surface area contributed by atoms with Crippen LogP contribution in [0.1, 0.15) is 17.3 Å². The first-order chi connectivity index (χ1) is 10.6. The van der Waals surface area contributed by atoms with Crippen LogP contribution in [0.5, 0.6) is 0 Å². The molecular formula is C16H22N4O2. The molecule has 6 nitrogen and oxygen atoms in total. The minimum absolute atomic E-state index is 0.124. The minimum Gasteiger partial charge on any atom is -0.373 e. The Labute approximate surface area is 131 Å². The average Bonchev–Trinajstić information content (AvgIpc) is 2.53. The van der Waals surface area contributed by atoms with Gasteiger partial charge in [-0.15, -0.1) is 6.42 Å². The van der Waals surface area contributed by atoms with E-state index in [1.54, 1.807) is 12.1 Å². The van der Waals surface area contributed by atoms with Gasteiger partial charge in [0.15, 0.2) is 0 Å². The number of morpholine rings is 1. The number of aromatic nitrogens is 1. The summed E-state index contributed by atoms with van der Waals surface area (Å²) in [6.07, 6.45) is 6.77. The van der Waals surface area contributed by atoms with E-state index in [2.05, 4.69) is 40.4 Å². The number of pyridine rings is 1. The van der Waals surface area contributed by atoms with Crippen LogP contribution in [-0.4, -0.2) is 61.2 Å². The third-order valence-electron chi connectivity index (χ3n) is 3.61. The molecule has 6 heteroatoms. The number of hydrogen-bond acceptors (Lipinski definition) is 5. The van der Waals surface area contributed by atoms with Crippen LogP contribution >= 0.6 is 0 Å². The van der Waals surface area contributed by atoms with Gasteiger partial charge in [0.05, 0.1) is 30.9 Å². The summed E-state index contributed by atoms with van der Waals surface area (Å²) in [5.41, 5.74) is 0.488. The lowest BCUT2D eigenvalue weighted by molar-refractivity contribution is -0.0259. The number of amides is 1. The molecule has 1 aliphatic rings. The summed E-state index contributed by atoms with van der Waals surface area (Å²) in [5.74, 6) is 2.86. The standard InChI is InChI=1S/C16H22N4O2/c1-4-7-17-16(21)13-5-6-15(18-10-13)19-12(2)14-11-20(3)8-9-22-14/h1,5-6,10,12,14H,7-9,11H2,2-3H3,(H,17,21)(H,18,19). The van der Waals surface area contributed by atoms with E-state index in [4.69, 9.17) is 11.2 Å². The van der Waals surface area contributed by atoms with Gasteiger partial charge >= 0.3 is 0 Å². The number of nitrogens with zero attached hydrogens (tertiary/aromatic N) is 2. The molecule has 0 saturated carbocycles. The van der Waals surface area contributed by atoms with E-state index in [0.29, 0.717) is 5.56 Å². The number of anilines is 1. The summed E-state index contributed by atoms with van der Waals surface area (Å²) in [4.78, 5) is 18.2. The van der Waals surface area contributed by atoms with Crippen molar-refractivity contribution in [2.75, 3.05) is 38.6 Å². The van der Waals surface area contributed by atoms with E-state index in [0.717, 1.165) is 25.5 Å². The van der Waals surface area contributed by atoms with Gasteiger partial charge in [0.25, 0.3) is 5.91 Å². The first kappa shape index (κ1) is 16.3. The predicted molar refractivity (Wildman–Crippen MR) is 85.7 cm³/mol. The maximum atomic E-state index is 11.7. The van der Waals surface area contributed by atoms with E-state index in [1.165, 1.54) is 6.20 Å². The molecular weight excluding hydrogens is 280 g/mol. The molecule has 22 heavy (non-hydrogen) atoms. The van der Waals surface area contributed by atoms with Gasteiger partial charge in [-0.05, 0) is 26.1 Å². The fourth-order valence-electron chi connectivity index (χ4n) is 2.29. The van der Waals surface area contributed by atoms with Gasteiger partial charge in [-0.1, -0.05) is 5.92 Å². The van der Waals surface area contributed by atoms with Crippen LogP contribution in [0.3, 0.4) is 0 Å². The second-order valence-corrected chi connectivity index (χ2v) is 5.42. The molecule has 0 aliphatic carbocycles. The largest absolute Gasteiger partial charge is 0.373 e. The number of nitrogens with one attached hydrogen (secondary N) is 2. The van der Waals surface area contributed by atoms with Crippen molar-refractivity contribution in [3.8, 4) is 12.3 Å². The molecule has 0 spiro atoms. The second kappa shape index (κ2) is 7.78. The Morgan fingerprint density at radius 2 is 2.45 bits per heavy atom. The van der Waals surface area contributed by atoms with Gasteiger partial charge < -0.3 is 20.3 Å². The van der Waals surface area contributed by atoms with E-state index < -0.39 is 0 Å². The van der Waals surface area contributed by atoms with Crippen LogP contribution in [-0.2, 0) is 4.74 Å². The maximum Gasteiger partial charge on any atom is 0.253 e. The lowest BCUT2D eigenvalue weighted by Gasteiger charge is -2.34. The molecule has 2 heterocycles. The van der Waals surface area contributed by atoms with Crippen LogP contribution in [0.15, 0.2) is 18.3 Å². The number of hydrogen-bond donors (Lipinski definition) is 2. The smallest absolute Gasteiger partial charge is 0.253 e. The van der Waals surface area contributed by atoms with E-state index in [-0.39, 0.29) is 24.6 Å². The van der Waals surface area contributed by atoms with Crippen molar-refractivity contribution < 1.29 is 9.53 Å². The van der Waals surface area contributed by atoms with Crippen LogP contribution in [0, 0.1) is 12.3 Å². The normalized spacial score (nSPS) is 20.0. The summed E-state index contributed by atoms with van der Waals surface area (Å²) in [7, 11) is 2.09. The lowest BCUT2D eigenvalue weighted by Crippen LogP contribution is -2.47. The van der Waals surface area contributed by atoms with Gasteiger partial charge in [0.1, 0.15) is 5.82 Å². The zero-order valence-corrected chi connectivity index (χ0v) is 13.0. The molecule has 0 aromatic carbocycles. The second-order valence-electron chi connectivity index (χ2n) is 5.42. The predicted octanol–water partition coefficient (Wildman–Crippen LogP) is 0.576. The molecule has 1 fully saturated rings. The lowest BCUT2D eigenvalue weighted by atomic mass is 10.1. The highest BCUT2D eigenvalue weighted by Crippen LogP contribution is 2.13. The number of rotatable bonds is 5. The number of ether oxygens (including phenoxy) is 1. The maximum absolute atomic E-state index is 11.7. The molecule has 1 saturated heterocycles. The third kappa shape index (κ3) is 4.45. The number of carbonyl (C=O) groups is 1. The van der Waals surface area contributed by atoms with Crippen molar-refractivity contribution in [2.24, 2.45) is 0 Å². The van der Waals surface area contributed by atoms with Crippen molar-refractivity contribution in [3.63, 3.8) is 0 Å². The van der Waals surface area contributed by atoms with Crippen LogP contribution < -0.4 is 10.6 Å². The molecule has 2 N–H and O–H groups in total. The topological polar surface area (TPSA) is 66.5 Å². The molecule has 1 amide bonds. The molecule has 0 radical (unpaired) electrons. The van der Waals surface area contributed by atoms with Crippen LogP contribution in [0.2, 0.25) is 0 Å². The fraction of sp³-hybridized carbons (Fsp3) is 0.500. The number of terminal acetylenes is 1. The molecule has 1 aromatic heterocycles. The Morgan fingerprint density at radius 1 is 1.64 bits per heavy atom. The first-order valence-corrected chi connectivity index (χ1v) is 7.34. The molecule has 1 aliphatic heterocycles. The molecule has 2 rings (SSSR count). The summed E-state index contributed by atoms with van der Waals surface area (Å²) in [6.45, 7) is 4.88. The highest BCUT2D eigenvalue weighted by molar-refractivity contribution is 5.94. The quantitative estimate of drug-likeness (QED) is 0.779. The summed E-state index contributed by atoms with van der Waals surface area (Å²) >= 11 is 0. The van der Waals surface area contributed by atoms with Gasteiger partial charge in [-0.2, -0.15) is 0 Å². The Bertz CT molecular complexity index is 538. The Hall–Kier alpha value is -2.10. The van der Waals surface area contributed by atoms with Crippen LogP contribution in [0.4, 0.5) is 5.82 Å². The molecule has 1 aromatic rings. The number of carbonyl (C=O) groups excluding carboxylic acids is 1. The minimum atomic E-state index is -0.220. The molecule has 2 atom stereocenters. The Kier molecular flexibility index (Phi) is 5.75. The van der Waals surface area contributed by atoms with Gasteiger partial charge in [0.2, 0.25) is 0 Å². The highest BCUT2D eigenvalue weighted by Gasteiger charge is 2.23. The van der Waals surface area contributed by atoms with E-state index in [9.17, 15) is 4.79 Å². The zero-order valence-electron chi connectivity index (χ0n) is 13.0. The Morgan fingerprint density at radius 3 is 3.09 bits per heavy atom. The van der Waals surface area contributed by atoms with Crippen molar-refractivity contribution in [3.05, 3.63) is 23.9 Å². The van der Waals surface area contributed by atoms with Gasteiger partial charge in [0, 0.05) is 19.3 Å². The van der Waals surface area contributed by atoms with Crippen molar-refractivity contribution >= 4 is 11.7 Å². The average molecular weight is 302 g/mol. The molecule has 0 bridgehead atoms. The summed E-state index contributed by atoms with van der Waals surface area (Å²) < 4.78 is 5.77. The van der Waals surface area contributed by atoms with Gasteiger partial charge in [-0.3, -0.25) is 4.79 Å². The molecule has 2 unspecified atom stereocenters. The summed E-state index contributed by atoms with van der Waals surface area (Å²) in [5, 5.41) is 5.92. The highest BCUT2D eigenvalue weighted by atomic mass is 16.5. The molecule has 118 valence electrons. The first-order valence-electron chi connectivity index (χ1n) is 7.34. The number of likely N-dealkylation sites (N-methyl/N-ethyl adjacent to an activating group) is 1. The Balaban J connectivity index is 1.90. The van der Waals surface area contributed by atoms with Crippen molar-refractivity contribution in [1.29, 1.82) is 0 Å².